The Morgan fingerprint density at radius 2 is 2.10 bits per heavy atom. The second-order valence-corrected chi connectivity index (χ2v) is 5.64. The van der Waals surface area contributed by atoms with Gasteiger partial charge in [0, 0.05) is 12.5 Å². The highest BCUT2D eigenvalue weighted by Gasteiger charge is 2.29. The first kappa shape index (κ1) is 14.1. The molecule has 0 bridgehead atoms. The van der Waals surface area contributed by atoms with Crippen molar-refractivity contribution < 1.29 is 9.13 Å². The van der Waals surface area contributed by atoms with Gasteiger partial charge in [0.05, 0.1) is 0 Å². The molecule has 0 aromatic heterocycles. The van der Waals surface area contributed by atoms with Crippen LogP contribution in [-0.4, -0.2) is 19.2 Å². The molecule has 0 aliphatic carbocycles. The average molecular weight is 285 g/mol. The summed E-state index contributed by atoms with van der Waals surface area (Å²) in [7, 11) is 1.95. The van der Waals surface area contributed by atoms with Crippen molar-refractivity contribution in [1.29, 1.82) is 0 Å². The molecule has 0 radical (unpaired) electrons. The molecule has 2 aromatic carbocycles. The lowest BCUT2D eigenvalue weighted by molar-refractivity contribution is 0.182. The smallest absolute Gasteiger partial charge is 0.123 e. The van der Waals surface area contributed by atoms with Gasteiger partial charge in [-0.2, -0.15) is 0 Å². The second-order valence-electron chi connectivity index (χ2n) is 5.64. The van der Waals surface area contributed by atoms with E-state index in [9.17, 15) is 4.39 Å². The number of halogens is 1. The predicted molar refractivity (Wildman–Crippen MR) is 82.3 cm³/mol. The monoisotopic (exact) mass is 285 g/mol. The first-order chi connectivity index (χ1) is 10.2. The van der Waals surface area contributed by atoms with Gasteiger partial charge in [0.1, 0.15) is 17.7 Å². The van der Waals surface area contributed by atoms with Crippen molar-refractivity contribution >= 4 is 0 Å². The molecule has 2 aromatic rings. The molecule has 1 N–H and O–H groups in total. The lowest BCUT2D eigenvalue weighted by Crippen LogP contribution is -2.42. The molecule has 1 heterocycles. The number of likely N-dealkylation sites (N-methyl/N-ethyl adjacent to an activating group) is 1. The van der Waals surface area contributed by atoms with Gasteiger partial charge in [-0.05, 0) is 55.3 Å². The molecule has 1 aliphatic heterocycles. The number of hydrogen-bond donors (Lipinski definition) is 1. The molecule has 0 amide bonds. The van der Waals surface area contributed by atoms with Crippen LogP contribution in [0.1, 0.15) is 16.7 Å². The number of fused-ring (bicyclic) bond motifs is 1. The average Bonchev–Trinajstić information content (AvgIpc) is 2.90. The van der Waals surface area contributed by atoms with Crippen LogP contribution in [0.2, 0.25) is 0 Å². The standard InChI is InChI=1S/C18H20FNO/c1-12-9-15(19)8-7-13(12)10-16(20-2)18-11-14-5-3-4-6-17(14)21-18/h3-9,16,18,20H,10-11H2,1-2H3. The van der Waals surface area contributed by atoms with E-state index in [2.05, 4.69) is 11.4 Å². The molecule has 110 valence electrons. The molecule has 0 fully saturated rings. The summed E-state index contributed by atoms with van der Waals surface area (Å²) in [5.41, 5.74) is 3.42. The largest absolute Gasteiger partial charge is 0.488 e. The minimum absolute atomic E-state index is 0.122. The van der Waals surface area contributed by atoms with Crippen molar-refractivity contribution in [3.8, 4) is 5.75 Å². The van der Waals surface area contributed by atoms with Gasteiger partial charge in [0.25, 0.3) is 0 Å². The van der Waals surface area contributed by atoms with Crippen LogP contribution in [0.5, 0.6) is 5.75 Å². The van der Waals surface area contributed by atoms with Crippen molar-refractivity contribution in [3.05, 3.63) is 65.0 Å². The molecule has 2 atom stereocenters. The van der Waals surface area contributed by atoms with E-state index >= 15 is 0 Å². The quantitative estimate of drug-likeness (QED) is 0.931. The van der Waals surface area contributed by atoms with Gasteiger partial charge < -0.3 is 10.1 Å². The Labute approximate surface area is 125 Å². The normalized spacial score (nSPS) is 18.1. The zero-order valence-electron chi connectivity index (χ0n) is 12.4. The summed E-state index contributed by atoms with van der Waals surface area (Å²) in [6.45, 7) is 1.95. The highest BCUT2D eigenvalue weighted by Crippen LogP contribution is 2.30. The number of hydrogen-bond acceptors (Lipinski definition) is 2. The second kappa shape index (κ2) is 5.86. The highest BCUT2D eigenvalue weighted by atomic mass is 19.1. The van der Waals surface area contributed by atoms with Crippen molar-refractivity contribution in [2.75, 3.05) is 7.05 Å². The fourth-order valence-electron chi connectivity index (χ4n) is 2.98. The number of benzene rings is 2. The molecule has 0 saturated heterocycles. The predicted octanol–water partition coefficient (Wildman–Crippen LogP) is 3.27. The first-order valence-corrected chi connectivity index (χ1v) is 7.34. The minimum Gasteiger partial charge on any atom is -0.488 e. The third kappa shape index (κ3) is 2.93. The molecular formula is C18H20FNO. The van der Waals surface area contributed by atoms with E-state index in [1.165, 1.54) is 11.6 Å². The fraction of sp³-hybridized carbons (Fsp3) is 0.333. The van der Waals surface area contributed by atoms with E-state index < -0.39 is 0 Å². The van der Waals surface area contributed by atoms with Gasteiger partial charge in [-0.3, -0.25) is 0 Å². The van der Waals surface area contributed by atoms with Gasteiger partial charge in [-0.15, -0.1) is 0 Å². The van der Waals surface area contributed by atoms with E-state index in [0.29, 0.717) is 0 Å². The van der Waals surface area contributed by atoms with E-state index in [0.717, 1.165) is 29.7 Å². The first-order valence-electron chi connectivity index (χ1n) is 7.34. The van der Waals surface area contributed by atoms with Crippen LogP contribution in [0.25, 0.3) is 0 Å². The summed E-state index contributed by atoms with van der Waals surface area (Å²) < 4.78 is 19.3. The van der Waals surface area contributed by atoms with E-state index in [4.69, 9.17) is 4.74 Å². The topological polar surface area (TPSA) is 21.3 Å². The van der Waals surface area contributed by atoms with Crippen molar-refractivity contribution in [2.24, 2.45) is 0 Å². The molecule has 0 spiro atoms. The third-order valence-electron chi connectivity index (χ3n) is 4.24. The SMILES string of the molecule is CNC(Cc1ccc(F)cc1C)C1Cc2ccccc2O1. The number of ether oxygens (including phenoxy) is 1. The van der Waals surface area contributed by atoms with Crippen molar-refractivity contribution in [2.45, 2.75) is 31.9 Å². The van der Waals surface area contributed by atoms with Crippen molar-refractivity contribution in [3.63, 3.8) is 0 Å². The zero-order valence-corrected chi connectivity index (χ0v) is 12.4. The Balaban J connectivity index is 1.75. The summed E-state index contributed by atoms with van der Waals surface area (Å²) in [4.78, 5) is 0. The van der Waals surface area contributed by atoms with Gasteiger partial charge >= 0.3 is 0 Å². The van der Waals surface area contributed by atoms with Gasteiger partial charge in [0.2, 0.25) is 0 Å². The highest BCUT2D eigenvalue weighted by molar-refractivity contribution is 5.38. The Morgan fingerprint density at radius 1 is 1.29 bits per heavy atom. The van der Waals surface area contributed by atoms with Crippen LogP contribution in [0, 0.1) is 12.7 Å². The lowest BCUT2D eigenvalue weighted by Gasteiger charge is -2.23. The maximum absolute atomic E-state index is 13.2. The maximum Gasteiger partial charge on any atom is 0.123 e. The summed E-state index contributed by atoms with van der Waals surface area (Å²) >= 11 is 0. The van der Waals surface area contributed by atoms with Crippen LogP contribution in [0.3, 0.4) is 0 Å². The molecular weight excluding hydrogens is 265 g/mol. The summed E-state index contributed by atoms with van der Waals surface area (Å²) in [6, 6.07) is 13.4. The molecule has 1 aliphatic rings. The Hall–Kier alpha value is -1.87. The Bertz CT molecular complexity index is 616. The van der Waals surface area contributed by atoms with E-state index in [1.54, 1.807) is 6.07 Å². The van der Waals surface area contributed by atoms with E-state index in [-0.39, 0.29) is 18.0 Å². The summed E-state index contributed by atoms with van der Waals surface area (Å²) in [5, 5.41) is 3.35. The van der Waals surface area contributed by atoms with Crippen molar-refractivity contribution in [1.82, 2.24) is 5.32 Å². The van der Waals surface area contributed by atoms with Crippen LogP contribution in [-0.2, 0) is 12.8 Å². The minimum atomic E-state index is -0.179. The van der Waals surface area contributed by atoms with Gasteiger partial charge in [-0.1, -0.05) is 24.3 Å². The number of rotatable bonds is 4. The zero-order chi connectivity index (χ0) is 14.8. The van der Waals surface area contributed by atoms with Crippen LogP contribution in [0.15, 0.2) is 42.5 Å². The van der Waals surface area contributed by atoms with Crippen LogP contribution in [0.4, 0.5) is 4.39 Å². The maximum atomic E-state index is 13.2. The summed E-state index contributed by atoms with van der Waals surface area (Å²) in [6.07, 6.45) is 1.88. The van der Waals surface area contributed by atoms with Gasteiger partial charge in [-0.25, -0.2) is 4.39 Å². The lowest BCUT2D eigenvalue weighted by atomic mass is 9.95. The van der Waals surface area contributed by atoms with Gasteiger partial charge in [0.15, 0.2) is 0 Å². The summed E-state index contributed by atoms with van der Waals surface area (Å²) in [5.74, 6) is 0.806. The molecule has 0 saturated carbocycles. The number of nitrogens with one attached hydrogen (secondary N) is 1. The molecule has 2 nitrogen and oxygen atoms in total. The number of aryl methyl sites for hydroxylation is 1. The molecule has 3 heteroatoms. The fourth-order valence-corrected chi connectivity index (χ4v) is 2.98. The molecule has 21 heavy (non-hydrogen) atoms. The molecule has 3 rings (SSSR count). The third-order valence-corrected chi connectivity index (χ3v) is 4.24. The van der Waals surface area contributed by atoms with Crippen LogP contribution >= 0.6 is 0 Å². The van der Waals surface area contributed by atoms with Crippen LogP contribution < -0.4 is 10.1 Å². The number of para-hydroxylation sites is 1. The Morgan fingerprint density at radius 3 is 2.81 bits per heavy atom. The molecule has 2 unspecified atom stereocenters. The Kier molecular flexibility index (Phi) is 3.93. The van der Waals surface area contributed by atoms with E-state index in [1.807, 2.05) is 38.2 Å².